The van der Waals surface area contributed by atoms with Gasteiger partial charge in [-0.15, -0.1) is 5.10 Å². The summed E-state index contributed by atoms with van der Waals surface area (Å²) in [5.41, 5.74) is 4.35. The maximum absolute atomic E-state index is 13.2. The van der Waals surface area contributed by atoms with E-state index in [4.69, 9.17) is 11.6 Å². The molecule has 2 aromatic carbocycles. The zero-order valence-corrected chi connectivity index (χ0v) is 16.9. The average Bonchev–Trinajstić information content (AvgIpc) is 3.30. The molecule has 1 aromatic heterocycles. The molecular formula is C22H23ClN4O. The number of halogens is 1. The standard InChI is InChI=1S/C22H23ClN4O/c1-15-9-11-18(12-10-15)27-16(2)21(24-25-27)22(28)26-13-5-7-19(26)14-17-6-3-4-8-20(17)23/h3-4,6,8-12,19H,5,7,13-14H2,1-2H3. The number of rotatable bonds is 4. The van der Waals surface area contributed by atoms with E-state index < -0.39 is 0 Å². The van der Waals surface area contributed by atoms with Crippen molar-refractivity contribution in [1.29, 1.82) is 0 Å². The number of aryl methyl sites for hydroxylation is 1. The highest BCUT2D eigenvalue weighted by Crippen LogP contribution is 2.26. The summed E-state index contributed by atoms with van der Waals surface area (Å²) in [6.07, 6.45) is 2.73. The molecule has 1 amide bonds. The second-order valence-electron chi connectivity index (χ2n) is 7.36. The molecule has 0 spiro atoms. The topological polar surface area (TPSA) is 51.0 Å². The van der Waals surface area contributed by atoms with Crippen LogP contribution in [0.2, 0.25) is 5.02 Å². The second kappa shape index (κ2) is 7.76. The third-order valence-electron chi connectivity index (χ3n) is 5.43. The number of carbonyl (C=O) groups is 1. The van der Waals surface area contributed by atoms with Crippen LogP contribution in [0.1, 0.15) is 40.2 Å². The van der Waals surface area contributed by atoms with E-state index in [9.17, 15) is 4.79 Å². The van der Waals surface area contributed by atoms with Gasteiger partial charge in [-0.05, 0) is 56.9 Å². The van der Waals surface area contributed by atoms with Gasteiger partial charge in [0.05, 0.1) is 11.4 Å². The Kier molecular flexibility index (Phi) is 5.18. The second-order valence-corrected chi connectivity index (χ2v) is 7.77. The van der Waals surface area contributed by atoms with E-state index in [1.165, 1.54) is 5.56 Å². The van der Waals surface area contributed by atoms with Crippen LogP contribution >= 0.6 is 11.6 Å². The molecule has 1 atom stereocenters. The van der Waals surface area contributed by atoms with Gasteiger partial charge in [-0.1, -0.05) is 52.7 Å². The van der Waals surface area contributed by atoms with Crippen LogP contribution in [0.3, 0.4) is 0 Å². The summed E-state index contributed by atoms with van der Waals surface area (Å²) in [6, 6.07) is 16.0. The fourth-order valence-corrected chi connectivity index (χ4v) is 4.04. The van der Waals surface area contributed by atoms with Crippen molar-refractivity contribution in [2.24, 2.45) is 0 Å². The minimum absolute atomic E-state index is 0.0505. The predicted octanol–water partition coefficient (Wildman–Crippen LogP) is 4.38. The third-order valence-corrected chi connectivity index (χ3v) is 5.80. The lowest BCUT2D eigenvalue weighted by Gasteiger charge is -2.24. The van der Waals surface area contributed by atoms with E-state index in [1.54, 1.807) is 4.68 Å². The first-order valence-electron chi connectivity index (χ1n) is 9.58. The first-order chi connectivity index (χ1) is 13.5. The third kappa shape index (κ3) is 3.54. The molecule has 1 unspecified atom stereocenters. The van der Waals surface area contributed by atoms with Crippen LogP contribution < -0.4 is 0 Å². The molecule has 0 saturated carbocycles. The highest BCUT2D eigenvalue weighted by molar-refractivity contribution is 6.31. The summed E-state index contributed by atoms with van der Waals surface area (Å²) in [5, 5.41) is 9.20. The summed E-state index contributed by atoms with van der Waals surface area (Å²) in [4.78, 5) is 15.2. The zero-order chi connectivity index (χ0) is 19.7. The summed E-state index contributed by atoms with van der Waals surface area (Å²) in [6.45, 7) is 4.68. The number of benzene rings is 2. The average molecular weight is 395 g/mol. The van der Waals surface area contributed by atoms with Gasteiger partial charge in [0, 0.05) is 17.6 Å². The molecule has 28 heavy (non-hydrogen) atoms. The molecule has 5 nitrogen and oxygen atoms in total. The molecule has 1 aliphatic rings. The smallest absolute Gasteiger partial charge is 0.276 e. The molecule has 6 heteroatoms. The first kappa shape index (κ1) is 18.7. The van der Waals surface area contributed by atoms with Crippen molar-refractivity contribution in [3.05, 3.63) is 76.1 Å². The van der Waals surface area contributed by atoms with Gasteiger partial charge in [-0.3, -0.25) is 4.79 Å². The number of hydrogen-bond acceptors (Lipinski definition) is 3. The van der Waals surface area contributed by atoms with E-state index in [0.29, 0.717) is 5.69 Å². The fourth-order valence-electron chi connectivity index (χ4n) is 3.83. The van der Waals surface area contributed by atoms with Gasteiger partial charge in [0.1, 0.15) is 0 Å². The van der Waals surface area contributed by atoms with Gasteiger partial charge in [-0.2, -0.15) is 0 Å². The lowest BCUT2D eigenvalue weighted by atomic mass is 10.0. The van der Waals surface area contributed by atoms with Crippen LogP contribution in [0.4, 0.5) is 0 Å². The molecule has 144 valence electrons. The van der Waals surface area contributed by atoms with Crippen LogP contribution in [-0.2, 0) is 6.42 Å². The molecule has 4 rings (SSSR count). The van der Waals surface area contributed by atoms with Crippen LogP contribution in [0.15, 0.2) is 48.5 Å². The summed E-state index contributed by atoms with van der Waals surface area (Å²) in [5.74, 6) is -0.0505. The Labute approximate surface area is 169 Å². The Balaban J connectivity index is 1.57. The number of nitrogens with zero attached hydrogens (tertiary/aromatic N) is 4. The lowest BCUT2D eigenvalue weighted by Crippen LogP contribution is -2.37. The van der Waals surface area contributed by atoms with Crippen LogP contribution in [0, 0.1) is 13.8 Å². The predicted molar refractivity (Wildman–Crippen MR) is 110 cm³/mol. The molecule has 2 heterocycles. The van der Waals surface area contributed by atoms with Gasteiger partial charge in [-0.25, -0.2) is 4.68 Å². The van der Waals surface area contributed by atoms with Gasteiger partial charge in [0.15, 0.2) is 5.69 Å². The largest absolute Gasteiger partial charge is 0.334 e. The number of carbonyl (C=O) groups excluding carboxylic acids is 1. The zero-order valence-electron chi connectivity index (χ0n) is 16.1. The molecule has 0 radical (unpaired) electrons. The van der Waals surface area contributed by atoms with Gasteiger partial charge in [0.25, 0.3) is 5.91 Å². The van der Waals surface area contributed by atoms with E-state index in [-0.39, 0.29) is 11.9 Å². The Morgan fingerprint density at radius 2 is 1.89 bits per heavy atom. The summed E-state index contributed by atoms with van der Waals surface area (Å²) >= 11 is 6.33. The molecule has 0 N–H and O–H groups in total. The number of amides is 1. The Hall–Kier alpha value is -2.66. The molecule has 0 aliphatic carbocycles. The SMILES string of the molecule is Cc1ccc(-n2nnc(C(=O)N3CCCC3Cc3ccccc3Cl)c2C)cc1. The Morgan fingerprint density at radius 3 is 2.64 bits per heavy atom. The number of likely N-dealkylation sites (tertiary alicyclic amines) is 1. The minimum Gasteiger partial charge on any atom is -0.334 e. The van der Waals surface area contributed by atoms with E-state index in [0.717, 1.165) is 47.8 Å². The monoisotopic (exact) mass is 394 g/mol. The normalized spacial score (nSPS) is 16.5. The van der Waals surface area contributed by atoms with Crippen molar-refractivity contribution in [3.63, 3.8) is 0 Å². The van der Waals surface area contributed by atoms with E-state index in [2.05, 4.69) is 10.3 Å². The summed E-state index contributed by atoms with van der Waals surface area (Å²) in [7, 11) is 0. The molecule has 3 aromatic rings. The number of aromatic nitrogens is 3. The molecular weight excluding hydrogens is 372 g/mol. The maximum atomic E-state index is 13.2. The highest BCUT2D eigenvalue weighted by atomic mass is 35.5. The van der Waals surface area contributed by atoms with Crippen molar-refractivity contribution in [2.45, 2.75) is 39.2 Å². The Bertz CT molecular complexity index is 996. The fraction of sp³-hybridized carbons (Fsp3) is 0.318. The van der Waals surface area contributed by atoms with Gasteiger partial charge < -0.3 is 4.90 Å². The van der Waals surface area contributed by atoms with Crippen molar-refractivity contribution in [3.8, 4) is 5.69 Å². The number of hydrogen-bond donors (Lipinski definition) is 0. The van der Waals surface area contributed by atoms with Crippen molar-refractivity contribution >= 4 is 17.5 Å². The quantitative estimate of drug-likeness (QED) is 0.659. The van der Waals surface area contributed by atoms with E-state index in [1.807, 2.05) is 67.3 Å². The summed E-state index contributed by atoms with van der Waals surface area (Å²) < 4.78 is 1.73. The van der Waals surface area contributed by atoms with Crippen LogP contribution in [-0.4, -0.2) is 38.4 Å². The van der Waals surface area contributed by atoms with Gasteiger partial charge in [0.2, 0.25) is 0 Å². The molecule has 1 aliphatic heterocycles. The van der Waals surface area contributed by atoms with Gasteiger partial charge >= 0.3 is 0 Å². The lowest BCUT2D eigenvalue weighted by molar-refractivity contribution is 0.0729. The Morgan fingerprint density at radius 1 is 1.14 bits per heavy atom. The highest BCUT2D eigenvalue weighted by Gasteiger charge is 2.32. The molecule has 1 fully saturated rings. The van der Waals surface area contributed by atoms with Crippen molar-refractivity contribution in [2.75, 3.05) is 6.54 Å². The minimum atomic E-state index is -0.0505. The van der Waals surface area contributed by atoms with Crippen molar-refractivity contribution in [1.82, 2.24) is 19.9 Å². The van der Waals surface area contributed by atoms with Crippen LogP contribution in [0.25, 0.3) is 5.69 Å². The van der Waals surface area contributed by atoms with Crippen LogP contribution in [0.5, 0.6) is 0 Å². The maximum Gasteiger partial charge on any atom is 0.276 e. The first-order valence-corrected chi connectivity index (χ1v) is 9.96. The molecule has 0 bridgehead atoms. The van der Waals surface area contributed by atoms with E-state index >= 15 is 0 Å². The molecule has 1 saturated heterocycles. The van der Waals surface area contributed by atoms with Crippen molar-refractivity contribution < 1.29 is 4.79 Å².